The van der Waals surface area contributed by atoms with E-state index in [1.165, 1.54) is 0 Å². The first-order valence-corrected chi connectivity index (χ1v) is 11.4. The Kier molecular flexibility index (Phi) is 5.27. The molecule has 1 aliphatic heterocycles. The van der Waals surface area contributed by atoms with Gasteiger partial charge in [0.25, 0.3) is 0 Å². The number of nitrogens with zero attached hydrogens (tertiary/aromatic N) is 2. The molecule has 0 N–H and O–H groups in total. The highest BCUT2D eigenvalue weighted by Crippen LogP contribution is 2.28. The number of sulfonamides is 1. The Labute approximate surface area is 163 Å². The molecule has 142 valence electrons. The van der Waals surface area contributed by atoms with Crippen LogP contribution in [0.2, 0.25) is 0 Å². The van der Waals surface area contributed by atoms with Gasteiger partial charge >= 0.3 is 0 Å². The molecule has 0 aliphatic carbocycles. The molecule has 0 spiro atoms. The Balaban J connectivity index is 1.75. The summed E-state index contributed by atoms with van der Waals surface area (Å²) in [6.45, 7) is 3.37. The lowest BCUT2D eigenvalue weighted by Gasteiger charge is -2.25. The number of aromatic nitrogens is 1. The van der Waals surface area contributed by atoms with Crippen molar-refractivity contribution in [1.29, 1.82) is 0 Å². The minimum absolute atomic E-state index is 0.0510. The minimum Gasteiger partial charge on any atom is -0.377 e. The highest BCUT2D eigenvalue weighted by Gasteiger charge is 2.31. The van der Waals surface area contributed by atoms with Crippen LogP contribution in [-0.4, -0.2) is 37.0 Å². The van der Waals surface area contributed by atoms with Crippen molar-refractivity contribution in [3.63, 3.8) is 0 Å². The molecule has 0 bridgehead atoms. The third-order valence-electron chi connectivity index (χ3n) is 4.77. The highest BCUT2D eigenvalue weighted by molar-refractivity contribution is 7.89. The molecule has 1 aromatic carbocycles. The van der Waals surface area contributed by atoms with E-state index in [0.29, 0.717) is 25.2 Å². The molecule has 7 heteroatoms. The van der Waals surface area contributed by atoms with Crippen LogP contribution in [0.5, 0.6) is 0 Å². The molecule has 0 radical (unpaired) electrons. The second-order valence-corrected chi connectivity index (χ2v) is 9.79. The summed E-state index contributed by atoms with van der Waals surface area (Å²) in [5.41, 5.74) is 1.53. The number of aryl methyl sites for hydroxylation is 1. The van der Waals surface area contributed by atoms with Crippen LogP contribution in [-0.2, 0) is 21.3 Å². The molecule has 1 fully saturated rings. The second-order valence-electron chi connectivity index (χ2n) is 6.85. The third kappa shape index (κ3) is 3.91. The van der Waals surface area contributed by atoms with E-state index in [2.05, 4.69) is 4.98 Å². The number of hydrogen-bond donors (Lipinski definition) is 0. The Morgan fingerprint density at radius 1 is 1.30 bits per heavy atom. The van der Waals surface area contributed by atoms with Gasteiger partial charge in [-0.2, -0.15) is 4.31 Å². The van der Waals surface area contributed by atoms with E-state index in [-0.39, 0.29) is 11.0 Å². The van der Waals surface area contributed by atoms with Gasteiger partial charge in [-0.1, -0.05) is 18.2 Å². The lowest BCUT2D eigenvalue weighted by molar-refractivity contribution is 0.0928. The predicted octanol–water partition coefficient (Wildman–Crippen LogP) is 3.97. The van der Waals surface area contributed by atoms with Gasteiger partial charge in [-0.3, -0.25) is 4.98 Å². The number of rotatable bonds is 6. The van der Waals surface area contributed by atoms with E-state index < -0.39 is 10.0 Å². The normalized spacial score (nSPS) is 17.8. The van der Waals surface area contributed by atoms with E-state index >= 15 is 0 Å². The Morgan fingerprint density at radius 2 is 2.19 bits per heavy atom. The fourth-order valence-corrected chi connectivity index (χ4v) is 5.85. The first-order valence-electron chi connectivity index (χ1n) is 9.03. The number of pyridine rings is 1. The van der Waals surface area contributed by atoms with Crippen LogP contribution in [0.4, 0.5) is 0 Å². The third-order valence-corrected chi connectivity index (χ3v) is 7.48. The zero-order chi connectivity index (χ0) is 18.9. The van der Waals surface area contributed by atoms with Crippen molar-refractivity contribution in [3.8, 4) is 0 Å². The van der Waals surface area contributed by atoms with Crippen LogP contribution in [0.15, 0.2) is 52.9 Å². The van der Waals surface area contributed by atoms with Crippen LogP contribution < -0.4 is 0 Å². The van der Waals surface area contributed by atoms with Crippen LogP contribution >= 0.6 is 11.3 Å². The summed E-state index contributed by atoms with van der Waals surface area (Å²) in [7, 11) is -3.71. The van der Waals surface area contributed by atoms with Gasteiger partial charge in [0.05, 0.1) is 11.6 Å². The average molecular weight is 403 g/mol. The summed E-state index contributed by atoms with van der Waals surface area (Å²) in [6, 6.07) is 11.2. The molecule has 4 rings (SSSR count). The first-order chi connectivity index (χ1) is 13.0. The number of thiophene rings is 1. The number of benzene rings is 1. The van der Waals surface area contributed by atoms with Gasteiger partial charge in [-0.25, -0.2) is 8.42 Å². The molecule has 3 heterocycles. The molecule has 0 unspecified atom stereocenters. The van der Waals surface area contributed by atoms with Gasteiger partial charge in [0, 0.05) is 36.2 Å². The molecular formula is C20H22N2O3S2. The van der Waals surface area contributed by atoms with E-state index in [4.69, 9.17) is 4.74 Å². The summed E-state index contributed by atoms with van der Waals surface area (Å²) in [6.07, 6.45) is 3.53. The van der Waals surface area contributed by atoms with Crippen molar-refractivity contribution in [2.24, 2.45) is 0 Å². The van der Waals surface area contributed by atoms with Gasteiger partial charge in [0.1, 0.15) is 4.90 Å². The lowest BCUT2D eigenvalue weighted by atomic mass is 10.2. The zero-order valence-corrected chi connectivity index (χ0v) is 16.8. The number of hydrogen-bond acceptors (Lipinski definition) is 5. The second kappa shape index (κ2) is 7.67. The smallest absolute Gasteiger partial charge is 0.245 e. The van der Waals surface area contributed by atoms with Crippen LogP contribution in [0.3, 0.4) is 0 Å². The SMILES string of the molecule is Cc1cnc2c(S(=O)(=O)N(Cc3cccs3)C[C@@H]3CCCO3)cccc2c1. The molecule has 0 saturated carbocycles. The Hall–Kier alpha value is -1.80. The molecule has 3 aromatic rings. The van der Waals surface area contributed by atoms with Gasteiger partial charge in [0.2, 0.25) is 10.0 Å². The van der Waals surface area contributed by atoms with Crippen molar-refractivity contribution < 1.29 is 13.2 Å². The van der Waals surface area contributed by atoms with Crippen molar-refractivity contribution in [2.75, 3.05) is 13.2 Å². The predicted molar refractivity (Wildman–Crippen MR) is 107 cm³/mol. The molecular weight excluding hydrogens is 380 g/mol. The molecule has 1 aliphatic rings. The van der Waals surface area contributed by atoms with E-state index in [0.717, 1.165) is 28.7 Å². The van der Waals surface area contributed by atoms with E-state index in [1.807, 2.05) is 36.6 Å². The van der Waals surface area contributed by atoms with Crippen molar-refractivity contribution in [2.45, 2.75) is 37.3 Å². The topological polar surface area (TPSA) is 59.5 Å². The van der Waals surface area contributed by atoms with Crippen molar-refractivity contribution >= 4 is 32.3 Å². The zero-order valence-electron chi connectivity index (χ0n) is 15.2. The minimum atomic E-state index is -3.71. The highest BCUT2D eigenvalue weighted by atomic mass is 32.2. The molecule has 2 aromatic heterocycles. The van der Waals surface area contributed by atoms with Crippen LogP contribution in [0.1, 0.15) is 23.3 Å². The Bertz CT molecular complexity index is 1030. The van der Waals surface area contributed by atoms with Crippen molar-refractivity contribution in [1.82, 2.24) is 9.29 Å². The maximum Gasteiger partial charge on any atom is 0.245 e. The molecule has 1 atom stereocenters. The summed E-state index contributed by atoms with van der Waals surface area (Å²) in [5.74, 6) is 0. The standard InChI is InChI=1S/C20H22N2O3S2/c1-15-11-16-5-2-8-19(20(16)21-12-15)27(23,24)22(13-17-6-3-9-25-17)14-18-7-4-10-26-18/h2,4-5,7-8,10-12,17H,3,6,9,13-14H2,1H3/t17-/m0/s1. The maximum atomic E-state index is 13.6. The Morgan fingerprint density at radius 3 is 2.93 bits per heavy atom. The van der Waals surface area contributed by atoms with Gasteiger partial charge in [-0.15, -0.1) is 11.3 Å². The van der Waals surface area contributed by atoms with E-state index in [9.17, 15) is 8.42 Å². The molecule has 5 nitrogen and oxygen atoms in total. The number of para-hydroxylation sites is 1. The largest absolute Gasteiger partial charge is 0.377 e. The van der Waals surface area contributed by atoms with Gasteiger partial charge in [-0.05, 0) is 48.9 Å². The average Bonchev–Trinajstić information content (AvgIpc) is 3.34. The molecule has 27 heavy (non-hydrogen) atoms. The van der Waals surface area contributed by atoms with Gasteiger partial charge < -0.3 is 4.74 Å². The first kappa shape index (κ1) is 18.6. The summed E-state index contributed by atoms with van der Waals surface area (Å²) >= 11 is 1.56. The van der Waals surface area contributed by atoms with Crippen LogP contribution in [0, 0.1) is 6.92 Å². The number of ether oxygens (including phenoxy) is 1. The summed E-state index contributed by atoms with van der Waals surface area (Å²) < 4.78 is 34.4. The summed E-state index contributed by atoms with van der Waals surface area (Å²) in [4.78, 5) is 5.70. The van der Waals surface area contributed by atoms with Crippen LogP contribution in [0.25, 0.3) is 10.9 Å². The maximum absolute atomic E-state index is 13.6. The monoisotopic (exact) mass is 402 g/mol. The fraction of sp³-hybridized carbons (Fsp3) is 0.350. The van der Waals surface area contributed by atoms with Crippen molar-refractivity contribution in [3.05, 3.63) is 58.4 Å². The fourth-order valence-electron chi connectivity index (χ4n) is 3.43. The molecule has 1 saturated heterocycles. The quantitative estimate of drug-likeness (QED) is 0.626. The summed E-state index contributed by atoms with van der Waals surface area (Å²) in [5, 5.41) is 2.80. The lowest BCUT2D eigenvalue weighted by Crippen LogP contribution is -2.36. The van der Waals surface area contributed by atoms with E-state index in [1.54, 1.807) is 34.0 Å². The molecule has 0 amide bonds. The van der Waals surface area contributed by atoms with Gasteiger partial charge in [0.15, 0.2) is 0 Å². The number of fused-ring (bicyclic) bond motifs is 1.